The lowest BCUT2D eigenvalue weighted by atomic mass is 9.88. The summed E-state index contributed by atoms with van der Waals surface area (Å²) in [6.07, 6.45) is 0.700. The van der Waals surface area contributed by atoms with Gasteiger partial charge in [-0.3, -0.25) is 9.59 Å². The molecule has 0 spiro atoms. The van der Waals surface area contributed by atoms with E-state index in [0.717, 1.165) is 6.07 Å². The number of carbonyl (C=O) groups excluding carboxylic acids is 2. The number of hydrogen-bond donors (Lipinski definition) is 2. The number of nitrogens with two attached hydrogens (primary N) is 1. The molecule has 160 valence electrons. The molecule has 4 nitrogen and oxygen atoms in total. The van der Waals surface area contributed by atoms with Crippen molar-refractivity contribution in [2.24, 2.45) is 5.73 Å². The van der Waals surface area contributed by atoms with E-state index >= 15 is 0 Å². The van der Waals surface area contributed by atoms with Gasteiger partial charge in [0.2, 0.25) is 5.91 Å². The lowest BCUT2D eigenvalue weighted by molar-refractivity contribution is -0.120. The Morgan fingerprint density at radius 2 is 1.80 bits per heavy atom. The van der Waals surface area contributed by atoms with E-state index in [4.69, 9.17) is 63.7 Å². The molecule has 1 saturated carbocycles. The molecule has 1 fully saturated rings. The van der Waals surface area contributed by atoms with Gasteiger partial charge in [-0.1, -0.05) is 77.1 Å². The van der Waals surface area contributed by atoms with Crippen LogP contribution in [0.2, 0.25) is 15.1 Å². The first-order valence-corrected chi connectivity index (χ1v) is 10.8. The van der Waals surface area contributed by atoms with E-state index in [0.29, 0.717) is 18.5 Å². The van der Waals surface area contributed by atoms with Crippen LogP contribution in [0.4, 0.5) is 4.39 Å². The predicted octanol–water partition coefficient (Wildman–Crippen LogP) is 5.62. The number of hydrogen-bond acceptors (Lipinski definition) is 2. The SMILES string of the molecule is CCCNC(=O)c1c(Cl)ccc(C2(C(N)=O)C(c3ccc(F)c(Cl)c3)C2(Cl)Cl)c1Cl. The fraction of sp³-hybridized carbons (Fsp3) is 0.300. The molecular weight excluding hydrogens is 496 g/mol. The van der Waals surface area contributed by atoms with Crippen LogP contribution in [0.25, 0.3) is 0 Å². The summed E-state index contributed by atoms with van der Waals surface area (Å²) >= 11 is 31.7. The highest BCUT2D eigenvalue weighted by Gasteiger charge is 2.81. The van der Waals surface area contributed by atoms with Gasteiger partial charge in [0.25, 0.3) is 5.91 Å². The summed E-state index contributed by atoms with van der Waals surface area (Å²) in [4.78, 5) is 25.3. The Bertz CT molecular complexity index is 1050. The molecule has 10 heteroatoms. The monoisotopic (exact) mass is 510 g/mol. The first-order chi connectivity index (χ1) is 14.0. The van der Waals surface area contributed by atoms with Crippen molar-refractivity contribution in [3.8, 4) is 0 Å². The zero-order valence-electron chi connectivity index (χ0n) is 15.5. The molecule has 0 bridgehead atoms. The topological polar surface area (TPSA) is 72.2 Å². The molecule has 2 amide bonds. The summed E-state index contributed by atoms with van der Waals surface area (Å²) in [5.41, 5.74) is 4.59. The van der Waals surface area contributed by atoms with Crippen molar-refractivity contribution in [3.63, 3.8) is 0 Å². The lowest BCUT2D eigenvalue weighted by Gasteiger charge is -2.19. The van der Waals surface area contributed by atoms with Gasteiger partial charge in [0.05, 0.1) is 20.6 Å². The largest absolute Gasteiger partial charge is 0.369 e. The number of benzene rings is 2. The number of amides is 2. The van der Waals surface area contributed by atoms with Crippen LogP contribution in [0.15, 0.2) is 30.3 Å². The van der Waals surface area contributed by atoms with E-state index in [1.54, 1.807) is 0 Å². The fourth-order valence-corrected chi connectivity index (χ4v) is 5.68. The maximum Gasteiger partial charge on any atom is 0.254 e. The Balaban J connectivity index is 2.19. The van der Waals surface area contributed by atoms with Crippen LogP contribution in [0.5, 0.6) is 0 Å². The summed E-state index contributed by atoms with van der Waals surface area (Å²) in [6, 6.07) is 6.75. The maximum absolute atomic E-state index is 13.6. The molecule has 0 aliphatic heterocycles. The van der Waals surface area contributed by atoms with Gasteiger partial charge in [-0.2, -0.15) is 0 Å². The molecule has 2 aromatic carbocycles. The maximum atomic E-state index is 13.6. The molecule has 3 N–H and O–H groups in total. The molecule has 0 aromatic heterocycles. The molecule has 2 unspecified atom stereocenters. The minimum Gasteiger partial charge on any atom is -0.369 e. The summed E-state index contributed by atoms with van der Waals surface area (Å²) in [5.74, 6) is -2.89. The van der Waals surface area contributed by atoms with E-state index in [9.17, 15) is 14.0 Å². The van der Waals surface area contributed by atoms with Gasteiger partial charge in [0, 0.05) is 12.5 Å². The van der Waals surface area contributed by atoms with Gasteiger partial charge in [0.15, 0.2) is 0 Å². The smallest absolute Gasteiger partial charge is 0.254 e. The minimum absolute atomic E-state index is 0.0168. The highest BCUT2D eigenvalue weighted by Crippen LogP contribution is 2.75. The first-order valence-electron chi connectivity index (χ1n) is 8.91. The van der Waals surface area contributed by atoms with E-state index < -0.39 is 33.3 Å². The molecule has 3 rings (SSSR count). The molecule has 0 heterocycles. The average molecular weight is 513 g/mol. The van der Waals surface area contributed by atoms with Crippen LogP contribution in [0.1, 0.15) is 40.7 Å². The van der Waals surface area contributed by atoms with Gasteiger partial charge in [-0.05, 0) is 35.7 Å². The summed E-state index contributed by atoms with van der Waals surface area (Å²) in [6.45, 7) is 2.29. The number of carbonyl (C=O) groups is 2. The van der Waals surface area contributed by atoms with Gasteiger partial charge >= 0.3 is 0 Å². The minimum atomic E-state index is -1.71. The standard InChI is InChI=1S/C20H16Cl5FN2O2/c1-2-7-28-17(29)14-11(21)5-4-10(15(14)23)19(18(27)30)16(20(19,24)25)9-3-6-13(26)12(22)8-9/h3-6,8,16H,2,7H2,1H3,(H2,27,30)(H,28,29). The van der Waals surface area contributed by atoms with Crippen molar-refractivity contribution in [2.45, 2.75) is 29.0 Å². The Hall–Kier alpha value is -1.24. The predicted molar refractivity (Wildman–Crippen MR) is 119 cm³/mol. The van der Waals surface area contributed by atoms with Gasteiger partial charge in [0.1, 0.15) is 15.6 Å². The Labute approximate surface area is 197 Å². The van der Waals surface area contributed by atoms with E-state index in [2.05, 4.69) is 5.32 Å². The third kappa shape index (κ3) is 3.45. The summed E-state index contributed by atoms with van der Waals surface area (Å²) in [5, 5.41) is 2.53. The quantitative estimate of drug-likeness (QED) is 0.493. The van der Waals surface area contributed by atoms with Gasteiger partial charge in [-0.15, -0.1) is 0 Å². The molecule has 0 saturated heterocycles. The van der Waals surface area contributed by atoms with Crippen molar-refractivity contribution >= 4 is 69.8 Å². The van der Waals surface area contributed by atoms with Crippen molar-refractivity contribution in [3.05, 3.63) is 67.9 Å². The third-order valence-electron chi connectivity index (χ3n) is 5.18. The van der Waals surface area contributed by atoms with Crippen LogP contribution in [-0.4, -0.2) is 22.7 Å². The number of primary amides is 1. The molecule has 1 aliphatic rings. The number of rotatable bonds is 6. The third-order valence-corrected chi connectivity index (χ3v) is 7.21. The number of nitrogens with one attached hydrogen (secondary N) is 1. The zero-order chi connectivity index (χ0) is 22.4. The summed E-state index contributed by atoms with van der Waals surface area (Å²) < 4.78 is 11.9. The van der Waals surface area contributed by atoms with Crippen molar-refractivity contribution in [1.29, 1.82) is 0 Å². The number of alkyl halides is 2. The Morgan fingerprint density at radius 1 is 1.13 bits per heavy atom. The second-order valence-electron chi connectivity index (χ2n) is 6.94. The Kier molecular flexibility index (Phi) is 6.53. The van der Waals surface area contributed by atoms with Crippen LogP contribution < -0.4 is 11.1 Å². The van der Waals surface area contributed by atoms with Crippen LogP contribution in [0, 0.1) is 5.82 Å². The summed E-state index contributed by atoms with van der Waals surface area (Å²) in [7, 11) is 0. The molecule has 30 heavy (non-hydrogen) atoms. The molecule has 1 aliphatic carbocycles. The Morgan fingerprint density at radius 3 is 2.37 bits per heavy atom. The first kappa shape index (κ1) is 23.4. The fourth-order valence-electron chi connectivity index (χ4n) is 3.72. The van der Waals surface area contributed by atoms with E-state index in [1.165, 1.54) is 24.3 Å². The number of halogens is 6. The van der Waals surface area contributed by atoms with E-state index in [-0.39, 0.29) is 26.2 Å². The van der Waals surface area contributed by atoms with Crippen molar-refractivity contribution in [2.75, 3.05) is 6.54 Å². The molecule has 0 radical (unpaired) electrons. The van der Waals surface area contributed by atoms with Crippen LogP contribution in [0.3, 0.4) is 0 Å². The average Bonchev–Trinajstić information content (AvgIpc) is 3.19. The lowest BCUT2D eigenvalue weighted by Crippen LogP contribution is -2.35. The molecule has 2 aromatic rings. The van der Waals surface area contributed by atoms with Crippen LogP contribution >= 0.6 is 58.0 Å². The van der Waals surface area contributed by atoms with Gasteiger partial charge in [-0.25, -0.2) is 4.39 Å². The van der Waals surface area contributed by atoms with Crippen molar-refractivity contribution in [1.82, 2.24) is 5.32 Å². The van der Waals surface area contributed by atoms with Gasteiger partial charge < -0.3 is 11.1 Å². The molecular formula is C20H16Cl5FN2O2. The normalized spacial score (nSPS) is 21.9. The second-order valence-corrected chi connectivity index (χ2v) is 9.52. The van der Waals surface area contributed by atoms with E-state index in [1.807, 2.05) is 6.92 Å². The molecule has 2 atom stereocenters. The second kappa shape index (κ2) is 8.36. The highest BCUT2D eigenvalue weighted by atomic mass is 35.5. The van der Waals surface area contributed by atoms with Crippen LogP contribution in [-0.2, 0) is 10.2 Å². The van der Waals surface area contributed by atoms with Crippen molar-refractivity contribution < 1.29 is 14.0 Å². The zero-order valence-corrected chi connectivity index (χ0v) is 19.3. The highest BCUT2D eigenvalue weighted by molar-refractivity contribution is 6.56.